The third-order valence-electron chi connectivity index (χ3n) is 4.50. The Labute approximate surface area is 190 Å². The molecule has 0 aliphatic rings. The number of nitrogens with one attached hydrogen (secondary N) is 1. The minimum absolute atomic E-state index is 0.123. The van der Waals surface area contributed by atoms with Crippen molar-refractivity contribution >= 4 is 17.3 Å². The van der Waals surface area contributed by atoms with Crippen LogP contribution in [-0.4, -0.2) is 10.9 Å². The Morgan fingerprint density at radius 1 is 0.794 bits per heavy atom. The Morgan fingerprint density at radius 2 is 1.38 bits per heavy atom. The van der Waals surface area contributed by atoms with Gasteiger partial charge >= 0.3 is 0 Å². The number of pyridine rings is 1. The molecule has 0 spiro atoms. The lowest BCUT2D eigenvalue weighted by Gasteiger charge is -2.14. The number of halogens is 4. The zero-order valence-corrected chi connectivity index (χ0v) is 17.2. The Hall–Kier alpha value is -4.60. The van der Waals surface area contributed by atoms with E-state index in [0.717, 1.165) is 0 Å². The van der Waals surface area contributed by atoms with Gasteiger partial charge in [0.15, 0.2) is 0 Å². The molecule has 0 saturated heterocycles. The van der Waals surface area contributed by atoms with Crippen molar-refractivity contribution in [3.8, 4) is 23.0 Å². The van der Waals surface area contributed by atoms with Crippen molar-refractivity contribution in [2.45, 2.75) is 0 Å². The van der Waals surface area contributed by atoms with Gasteiger partial charge in [0.1, 0.15) is 11.5 Å². The number of nitrogen functional groups attached to an aromatic ring is 1. The van der Waals surface area contributed by atoms with E-state index in [4.69, 9.17) is 15.2 Å². The van der Waals surface area contributed by atoms with Gasteiger partial charge in [-0.15, -0.1) is 0 Å². The molecule has 6 nitrogen and oxygen atoms in total. The van der Waals surface area contributed by atoms with Gasteiger partial charge in [0.25, 0.3) is 5.91 Å². The monoisotopic (exact) mass is 469 g/mol. The third kappa shape index (κ3) is 4.75. The predicted molar refractivity (Wildman–Crippen MR) is 116 cm³/mol. The van der Waals surface area contributed by atoms with Crippen LogP contribution >= 0.6 is 0 Å². The molecule has 1 heterocycles. The number of aromatic nitrogens is 1. The van der Waals surface area contributed by atoms with Crippen LogP contribution in [0.2, 0.25) is 0 Å². The number of nitrogens with zero attached hydrogens (tertiary/aromatic N) is 1. The van der Waals surface area contributed by atoms with E-state index < -0.39 is 40.7 Å². The van der Waals surface area contributed by atoms with Crippen molar-refractivity contribution in [1.82, 2.24) is 4.98 Å². The number of rotatable bonds is 6. The fourth-order valence-electron chi connectivity index (χ4n) is 2.92. The minimum atomic E-state index is -1.80. The molecule has 10 heteroatoms. The van der Waals surface area contributed by atoms with Crippen molar-refractivity contribution in [2.24, 2.45) is 0 Å². The van der Waals surface area contributed by atoms with Gasteiger partial charge in [-0.05, 0) is 36.4 Å². The lowest BCUT2D eigenvalue weighted by molar-refractivity contribution is 0.102. The highest BCUT2D eigenvalue weighted by atomic mass is 19.2. The number of nitrogens with two attached hydrogens (primary N) is 1. The molecule has 3 aromatic carbocycles. The van der Waals surface area contributed by atoms with Crippen LogP contribution in [0.15, 0.2) is 73.1 Å². The smallest absolute Gasteiger partial charge is 0.257 e. The number of carbonyl (C=O) groups excluding carboxylic acids is 1. The van der Waals surface area contributed by atoms with Crippen LogP contribution < -0.4 is 20.5 Å². The van der Waals surface area contributed by atoms with Crippen LogP contribution in [0.25, 0.3) is 0 Å². The predicted octanol–water partition coefficient (Wildman–Crippen LogP) is 6.06. The molecule has 0 unspecified atom stereocenters. The Kier molecular flexibility index (Phi) is 6.30. The van der Waals surface area contributed by atoms with Crippen molar-refractivity contribution in [1.29, 1.82) is 0 Å². The molecule has 0 saturated carbocycles. The van der Waals surface area contributed by atoms with E-state index in [-0.39, 0.29) is 28.4 Å². The molecule has 4 rings (SSSR count). The molecule has 0 bridgehead atoms. The SMILES string of the molecule is Nc1cccc(Oc2c(F)c(F)c(Oc3cccc(NC(=O)c4cccnc4)c3)c(F)c2F)c1. The molecule has 0 aliphatic heterocycles. The fourth-order valence-corrected chi connectivity index (χ4v) is 2.92. The van der Waals surface area contributed by atoms with E-state index in [0.29, 0.717) is 0 Å². The summed E-state index contributed by atoms with van der Waals surface area (Å²) < 4.78 is 68.4. The summed E-state index contributed by atoms with van der Waals surface area (Å²) in [7, 11) is 0. The lowest BCUT2D eigenvalue weighted by Crippen LogP contribution is -2.12. The summed E-state index contributed by atoms with van der Waals surface area (Å²) in [4.78, 5) is 16.1. The molecule has 0 atom stereocenters. The average Bonchev–Trinajstić information content (AvgIpc) is 2.84. The van der Waals surface area contributed by atoms with Crippen LogP contribution in [0.1, 0.15) is 10.4 Å². The molecular formula is C24H15F4N3O3. The van der Waals surface area contributed by atoms with E-state index in [2.05, 4.69) is 10.3 Å². The third-order valence-corrected chi connectivity index (χ3v) is 4.50. The standard InChI is InChI=1S/C24H15F4N3O3/c25-18-20(27)23(21(28)19(26)22(18)33-16-7-1-5-14(29)10-16)34-17-8-2-6-15(11-17)31-24(32)13-4-3-9-30-12-13/h1-12H,29H2,(H,31,32). The Bertz CT molecular complexity index is 1340. The van der Waals surface area contributed by atoms with Gasteiger partial charge in [-0.3, -0.25) is 9.78 Å². The van der Waals surface area contributed by atoms with Gasteiger partial charge in [0.2, 0.25) is 34.8 Å². The highest BCUT2D eigenvalue weighted by Crippen LogP contribution is 2.39. The van der Waals surface area contributed by atoms with Crippen LogP contribution in [0.3, 0.4) is 0 Å². The second-order valence-corrected chi connectivity index (χ2v) is 6.91. The molecule has 0 fully saturated rings. The number of anilines is 2. The maximum Gasteiger partial charge on any atom is 0.257 e. The lowest BCUT2D eigenvalue weighted by atomic mass is 10.2. The molecular weight excluding hydrogens is 454 g/mol. The van der Waals surface area contributed by atoms with Crippen LogP contribution in [0, 0.1) is 23.3 Å². The number of hydrogen-bond acceptors (Lipinski definition) is 5. The highest BCUT2D eigenvalue weighted by Gasteiger charge is 2.29. The number of hydrogen-bond donors (Lipinski definition) is 2. The van der Waals surface area contributed by atoms with Gasteiger partial charge < -0.3 is 20.5 Å². The van der Waals surface area contributed by atoms with Gasteiger partial charge in [0.05, 0.1) is 5.56 Å². The van der Waals surface area contributed by atoms with Crippen molar-refractivity contribution < 1.29 is 31.8 Å². The van der Waals surface area contributed by atoms with Gasteiger partial charge in [0, 0.05) is 35.9 Å². The molecule has 34 heavy (non-hydrogen) atoms. The summed E-state index contributed by atoms with van der Waals surface area (Å²) in [5, 5.41) is 2.55. The number of benzene rings is 3. The number of amides is 1. The summed E-state index contributed by atoms with van der Waals surface area (Å²) >= 11 is 0. The van der Waals surface area contributed by atoms with E-state index in [9.17, 15) is 22.4 Å². The normalized spacial score (nSPS) is 10.6. The highest BCUT2D eigenvalue weighted by molar-refractivity contribution is 6.04. The first-order valence-electron chi connectivity index (χ1n) is 9.72. The van der Waals surface area contributed by atoms with Gasteiger partial charge in [-0.2, -0.15) is 17.6 Å². The molecule has 3 N–H and O–H groups in total. The maximum atomic E-state index is 14.6. The molecule has 4 aromatic rings. The minimum Gasteiger partial charge on any atom is -0.451 e. The zero-order valence-electron chi connectivity index (χ0n) is 17.2. The van der Waals surface area contributed by atoms with Gasteiger partial charge in [-0.25, -0.2) is 0 Å². The summed E-state index contributed by atoms with van der Waals surface area (Å²) in [6.07, 6.45) is 2.84. The Balaban J connectivity index is 1.59. The largest absolute Gasteiger partial charge is 0.451 e. The Morgan fingerprint density at radius 3 is 1.94 bits per heavy atom. The topological polar surface area (TPSA) is 86.5 Å². The van der Waals surface area contributed by atoms with Crippen molar-refractivity contribution in [3.63, 3.8) is 0 Å². The number of ether oxygens (including phenoxy) is 2. The first kappa shape index (κ1) is 22.6. The fraction of sp³-hybridized carbons (Fsp3) is 0. The summed E-state index contributed by atoms with van der Waals surface area (Å²) in [6.45, 7) is 0. The van der Waals surface area contributed by atoms with E-state index >= 15 is 0 Å². The molecule has 0 aliphatic carbocycles. The van der Waals surface area contributed by atoms with Crippen molar-refractivity contribution in [2.75, 3.05) is 11.1 Å². The molecule has 1 aromatic heterocycles. The zero-order chi connectivity index (χ0) is 24.2. The quantitative estimate of drug-likeness (QED) is 0.204. The van der Waals surface area contributed by atoms with Crippen LogP contribution in [0.5, 0.6) is 23.0 Å². The first-order chi connectivity index (χ1) is 16.3. The maximum absolute atomic E-state index is 14.6. The second-order valence-electron chi connectivity index (χ2n) is 6.91. The first-order valence-corrected chi connectivity index (χ1v) is 9.72. The second kappa shape index (κ2) is 9.49. The van der Waals surface area contributed by atoms with E-state index in [1.54, 1.807) is 6.07 Å². The summed E-state index contributed by atoms with van der Waals surface area (Å²) in [5.41, 5.74) is 6.26. The average molecular weight is 469 g/mol. The number of carbonyl (C=O) groups is 1. The molecule has 172 valence electrons. The molecule has 1 amide bonds. The summed E-state index contributed by atoms with van der Waals surface area (Å²) in [6, 6.07) is 14.0. The summed E-state index contributed by atoms with van der Waals surface area (Å²) in [5.74, 6) is -10.6. The van der Waals surface area contributed by atoms with Crippen LogP contribution in [0.4, 0.5) is 28.9 Å². The molecule has 0 radical (unpaired) electrons. The van der Waals surface area contributed by atoms with Gasteiger partial charge in [-0.1, -0.05) is 12.1 Å². The van der Waals surface area contributed by atoms with Crippen LogP contribution in [-0.2, 0) is 0 Å². The van der Waals surface area contributed by atoms with E-state index in [1.807, 2.05) is 0 Å². The van der Waals surface area contributed by atoms with E-state index in [1.165, 1.54) is 67.0 Å². The van der Waals surface area contributed by atoms with Crippen molar-refractivity contribution in [3.05, 3.63) is 102 Å².